The van der Waals surface area contributed by atoms with E-state index in [2.05, 4.69) is 99.6 Å². The third kappa shape index (κ3) is 4.01. The number of hydrogen-bond donors (Lipinski definition) is 0. The molecule has 0 N–H and O–H groups in total. The first-order valence-corrected chi connectivity index (χ1v) is 12.2. The van der Waals surface area contributed by atoms with Crippen molar-refractivity contribution in [3.05, 3.63) is 139 Å². The van der Waals surface area contributed by atoms with Crippen LogP contribution in [-0.2, 0) is 0 Å². The van der Waals surface area contributed by atoms with Gasteiger partial charge in [-0.15, -0.1) is 0 Å². The molecule has 0 aromatic heterocycles. The van der Waals surface area contributed by atoms with Crippen LogP contribution >= 0.6 is 0 Å². The molecule has 0 aliphatic carbocycles. The molecule has 0 unspecified atom stereocenters. The normalized spacial score (nSPS) is 11.2. The van der Waals surface area contributed by atoms with Crippen LogP contribution in [-0.4, -0.2) is 0 Å². The fraction of sp³-hybridized carbons (Fsp3) is 0.0556. The Morgan fingerprint density at radius 2 is 1.14 bits per heavy atom. The van der Waals surface area contributed by atoms with E-state index in [0.717, 1.165) is 61.0 Å². The molecule has 4 rings (SSSR count). The van der Waals surface area contributed by atoms with E-state index in [-0.39, 0.29) is 0 Å². The van der Waals surface area contributed by atoms with Gasteiger partial charge in [-0.05, 0) is 80.3 Å². The molecule has 0 amide bonds. The molecule has 0 bridgehead atoms. The molecule has 4 aromatic carbocycles. The molecule has 0 fully saturated rings. The second-order valence-electron chi connectivity index (χ2n) is 8.78. The van der Waals surface area contributed by atoms with Crippen molar-refractivity contribution in [3.63, 3.8) is 0 Å². The van der Waals surface area contributed by atoms with Gasteiger partial charge in [-0.25, -0.2) is 0 Å². The van der Waals surface area contributed by atoms with Gasteiger partial charge >= 0.3 is 0 Å². The summed E-state index contributed by atoms with van der Waals surface area (Å²) < 4.78 is 0. The summed E-state index contributed by atoms with van der Waals surface area (Å²) in [6.45, 7) is 25.1. The molecule has 0 radical (unpaired) electrons. The highest BCUT2D eigenvalue weighted by molar-refractivity contribution is 6.12. The van der Waals surface area contributed by atoms with Crippen LogP contribution in [0.4, 0.5) is 0 Å². The van der Waals surface area contributed by atoms with Gasteiger partial charge in [-0.2, -0.15) is 0 Å². The van der Waals surface area contributed by atoms with Gasteiger partial charge in [0.1, 0.15) is 0 Å². The first-order valence-electron chi connectivity index (χ1n) is 12.2. The van der Waals surface area contributed by atoms with Crippen LogP contribution in [0.5, 0.6) is 0 Å². The molecule has 0 saturated carbocycles. The molecule has 4 aromatic rings. The minimum atomic E-state index is 1.02. The zero-order chi connectivity index (χ0) is 25.8. The Labute approximate surface area is 215 Å². The zero-order valence-electron chi connectivity index (χ0n) is 21.3. The van der Waals surface area contributed by atoms with E-state index in [1.165, 1.54) is 10.9 Å². The van der Waals surface area contributed by atoms with E-state index >= 15 is 0 Å². The molecular formula is C36H32. The van der Waals surface area contributed by atoms with Crippen LogP contribution in [0.1, 0.15) is 41.7 Å². The van der Waals surface area contributed by atoms with Gasteiger partial charge in [0.2, 0.25) is 0 Å². The highest BCUT2D eigenvalue weighted by Gasteiger charge is 2.21. The van der Waals surface area contributed by atoms with Crippen molar-refractivity contribution in [2.75, 3.05) is 0 Å². The van der Waals surface area contributed by atoms with Crippen LogP contribution in [0, 0.1) is 0 Å². The van der Waals surface area contributed by atoms with Crippen LogP contribution in [0.2, 0.25) is 0 Å². The summed E-state index contributed by atoms with van der Waals surface area (Å²) in [5.74, 6) is 0. The van der Waals surface area contributed by atoms with E-state index in [9.17, 15) is 0 Å². The van der Waals surface area contributed by atoms with Gasteiger partial charge in [-0.3, -0.25) is 0 Å². The van der Waals surface area contributed by atoms with E-state index < -0.39 is 0 Å². The molecule has 176 valence electrons. The first kappa shape index (κ1) is 24.7. The number of allylic oxidation sites excluding steroid dienone is 3. The Morgan fingerprint density at radius 1 is 0.611 bits per heavy atom. The number of benzene rings is 4. The van der Waals surface area contributed by atoms with Crippen molar-refractivity contribution in [3.8, 4) is 22.3 Å². The SMILES string of the molecule is C=Cc1c(/C(=C/C)C(=C)C)ccc(-c2c(C=C)c(C=C)c(-c3ccccc3)c3ccccc23)c1C=C. The summed E-state index contributed by atoms with van der Waals surface area (Å²) in [6.07, 6.45) is 9.86. The maximum atomic E-state index is 4.23. The van der Waals surface area contributed by atoms with Crippen molar-refractivity contribution < 1.29 is 0 Å². The molecule has 0 heterocycles. The van der Waals surface area contributed by atoms with Crippen LogP contribution < -0.4 is 0 Å². The predicted octanol–water partition coefficient (Wildman–Crippen LogP) is 10.7. The largest absolute Gasteiger partial charge is 0.0984 e. The summed E-state index contributed by atoms with van der Waals surface area (Å²) in [5.41, 5.74) is 12.0. The molecule has 0 aliphatic heterocycles. The van der Waals surface area contributed by atoms with Crippen LogP contribution in [0.3, 0.4) is 0 Å². The van der Waals surface area contributed by atoms with E-state index in [1.807, 2.05) is 44.2 Å². The van der Waals surface area contributed by atoms with Gasteiger partial charge in [0.05, 0.1) is 0 Å². The average molecular weight is 465 g/mol. The number of rotatable bonds is 8. The molecule has 0 saturated heterocycles. The van der Waals surface area contributed by atoms with Crippen molar-refractivity contribution in [2.45, 2.75) is 13.8 Å². The van der Waals surface area contributed by atoms with Crippen LogP contribution in [0.15, 0.2) is 111 Å². The maximum Gasteiger partial charge on any atom is -0.00203 e. The lowest BCUT2D eigenvalue weighted by Gasteiger charge is -2.23. The monoisotopic (exact) mass is 464 g/mol. The smallest absolute Gasteiger partial charge is 0.00203 e. The zero-order valence-corrected chi connectivity index (χ0v) is 21.3. The Morgan fingerprint density at radius 3 is 1.67 bits per heavy atom. The van der Waals surface area contributed by atoms with Crippen molar-refractivity contribution >= 4 is 40.6 Å². The fourth-order valence-electron chi connectivity index (χ4n) is 5.27. The summed E-state index contributed by atoms with van der Waals surface area (Å²) in [6, 6.07) is 23.4. The molecule has 0 nitrogen and oxygen atoms in total. The lowest BCUT2D eigenvalue weighted by Crippen LogP contribution is -2.00. The maximum absolute atomic E-state index is 4.23. The summed E-state index contributed by atoms with van der Waals surface area (Å²) in [5, 5.41) is 2.34. The minimum absolute atomic E-state index is 1.02. The molecular weight excluding hydrogens is 432 g/mol. The third-order valence-electron chi connectivity index (χ3n) is 6.77. The molecule has 0 aliphatic rings. The lowest BCUT2D eigenvalue weighted by atomic mass is 9.80. The molecule has 36 heavy (non-hydrogen) atoms. The number of fused-ring (bicyclic) bond motifs is 1. The topological polar surface area (TPSA) is 0 Å². The quantitative estimate of drug-likeness (QED) is 0.227. The highest BCUT2D eigenvalue weighted by atomic mass is 14.2. The van der Waals surface area contributed by atoms with Gasteiger partial charge in [0.15, 0.2) is 0 Å². The van der Waals surface area contributed by atoms with Gasteiger partial charge in [0, 0.05) is 0 Å². The highest BCUT2D eigenvalue weighted by Crippen LogP contribution is 2.45. The van der Waals surface area contributed by atoms with Crippen molar-refractivity contribution in [2.24, 2.45) is 0 Å². The molecule has 0 atom stereocenters. The second-order valence-corrected chi connectivity index (χ2v) is 8.78. The predicted molar refractivity (Wildman–Crippen MR) is 164 cm³/mol. The molecule has 0 heteroatoms. The Hall–Kier alpha value is -4.42. The third-order valence-corrected chi connectivity index (χ3v) is 6.77. The van der Waals surface area contributed by atoms with Gasteiger partial charge in [0.25, 0.3) is 0 Å². The molecule has 0 spiro atoms. The van der Waals surface area contributed by atoms with Crippen molar-refractivity contribution in [1.29, 1.82) is 0 Å². The average Bonchev–Trinajstić information content (AvgIpc) is 2.91. The fourth-order valence-corrected chi connectivity index (χ4v) is 5.27. The van der Waals surface area contributed by atoms with Gasteiger partial charge in [-0.1, -0.05) is 136 Å². The Kier molecular flexibility index (Phi) is 7.17. The second kappa shape index (κ2) is 10.5. The summed E-state index contributed by atoms with van der Waals surface area (Å²) in [4.78, 5) is 0. The first-order chi connectivity index (χ1) is 17.5. The van der Waals surface area contributed by atoms with E-state index in [4.69, 9.17) is 0 Å². The number of hydrogen-bond acceptors (Lipinski definition) is 0. The van der Waals surface area contributed by atoms with E-state index in [0.29, 0.717) is 0 Å². The van der Waals surface area contributed by atoms with E-state index in [1.54, 1.807) is 0 Å². The standard InChI is InChI=1S/C36H32/c1-8-26(24(6)7)31-22-23-34(28(10-3)27(31)9-2)36-30(12-5)29(11-4)35(25-18-14-13-15-19-25)32-20-16-17-21-33(32)36/h8-23H,2-6H2,1,7H3/b26-8+. The van der Waals surface area contributed by atoms with Gasteiger partial charge < -0.3 is 0 Å². The minimum Gasteiger partial charge on any atom is -0.0984 e. The summed E-state index contributed by atoms with van der Waals surface area (Å²) in [7, 11) is 0. The van der Waals surface area contributed by atoms with Crippen LogP contribution in [0.25, 0.3) is 62.9 Å². The lowest BCUT2D eigenvalue weighted by molar-refractivity contribution is 1.46. The Bertz CT molecular complexity index is 1560. The summed E-state index contributed by atoms with van der Waals surface area (Å²) >= 11 is 0. The van der Waals surface area contributed by atoms with Crippen molar-refractivity contribution in [1.82, 2.24) is 0 Å². The Balaban J connectivity index is 2.20.